The average Bonchev–Trinajstić information content (AvgIpc) is 2.74. The summed E-state index contributed by atoms with van der Waals surface area (Å²) in [7, 11) is 0. The molecule has 0 radical (unpaired) electrons. The summed E-state index contributed by atoms with van der Waals surface area (Å²) in [5.41, 5.74) is 1.77. The minimum absolute atomic E-state index is 0.0708. The topological polar surface area (TPSA) is 53.5 Å². The Labute approximate surface area is 136 Å². The van der Waals surface area contributed by atoms with Crippen LogP contribution in [0.25, 0.3) is 0 Å². The van der Waals surface area contributed by atoms with Gasteiger partial charge in [-0.1, -0.05) is 34.1 Å². The third-order valence-electron chi connectivity index (χ3n) is 3.49. The number of hydrogen-bond acceptors (Lipinski definition) is 3. The van der Waals surface area contributed by atoms with Gasteiger partial charge in [-0.3, -0.25) is 4.79 Å². The molecule has 112 valence electrons. The van der Waals surface area contributed by atoms with Gasteiger partial charge in [-0.15, -0.1) is 0 Å². The number of carbonyl (C=O) groups excluding carboxylic acids is 2. The maximum Gasteiger partial charge on any atom is 0.333 e. The van der Waals surface area contributed by atoms with Crippen molar-refractivity contribution >= 4 is 33.7 Å². The smallest absolute Gasteiger partial charge is 0.310 e. The van der Waals surface area contributed by atoms with E-state index in [1.807, 2.05) is 37.3 Å². The molecule has 0 atom stereocenters. The van der Waals surface area contributed by atoms with Crippen LogP contribution in [0.4, 0.5) is 10.6 Å². The Hall–Kier alpha value is -2.21. The lowest BCUT2D eigenvalue weighted by atomic mass is 10.2. The molecule has 1 aliphatic rings. The molecule has 1 fully saturated rings. The van der Waals surface area contributed by atoms with Crippen LogP contribution < -0.4 is 4.90 Å². The number of aromatic nitrogens is 1. The fourth-order valence-corrected chi connectivity index (χ4v) is 2.90. The maximum atomic E-state index is 12.5. The summed E-state index contributed by atoms with van der Waals surface area (Å²) in [5.74, 6) is 0.163. The van der Waals surface area contributed by atoms with E-state index in [1.165, 1.54) is 4.90 Å². The number of anilines is 1. The van der Waals surface area contributed by atoms with E-state index in [4.69, 9.17) is 0 Å². The molecule has 0 N–H and O–H groups in total. The van der Waals surface area contributed by atoms with Crippen LogP contribution >= 0.6 is 15.9 Å². The van der Waals surface area contributed by atoms with Gasteiger partial charge in [0, 0.05) is 17.2 Å². The normalized spacial score (nSPS) is 14.8. The first kappa shape index (κ1) is 14.7. The Kier molecular flexibility index (Phi) is 3.94. The van der Waals surface area contributed by atoms with Crippen molar-refractivity contribution in [3.8, 4) is 0 Å². The minimum Gasteiger partial charge on any atom is -0.310 e. The number of amides is 3. The standard InChI is InChI=1S/C16H14BrN3O2/c1-11-4-3-7-18-15(11)20-14(21)10-19(16(20)22)9-12-5-2-6-13(17)8-12/h2-8H,9-10H2,1H3. The Morgan fingerprint density at radius 3 is 2.77 bits per heavy atom. The van der Waals surface area contributed by atoms with Gasteiger partial charge in [-0.25, -0.2) is 14.7 Å². The highest BCUT2D eigenvalue weighted by atomic mass is 79.9. The van der Waals surface area contributed by atoms with Crippen LogP contribution in [0.5, 0.6) is 0 Å². The molecule has 1 aliphatic heterocycles. The summed E-state index contributed by atoms with van der Waals surface area (Å²) in [6.45, 7) is 2.30. The highest BCUT2D eigenvalue weighted by Crippen LogP contribution is 2.24. The van der Waals surface area contributed by atoms with Crippen molar-refractivity contribution in [1.82, 2.24) is 9.88 Å². The Morgan fingerprint density at radius 1 is 1.23 bits per heavy atom. The summed E-state index contributed by atoms with van der Waals surface area (Å²) in [5, 5.41) is 0. The largest absolute Gasteiger partial charge is 0.333 e. The van der Waals surface area contributed by atoms with Gasteiger partial charge < -0.3 is 4.90 Å². The number of pyridine rings is 1. The quantitative estimate of drug-likeness (QED) is 0.791. The summed E-state index contributed by atoms with van der Waals surface area (Å²) in [6.07, 6.45) is 1.58. The van der Waals surface area contributed by atoms with E-state index in [1.54, 1.807) is 12.3 Å². The van der Waals surface area contributed by atoms with Crippen molar-refractivity contribution in [2.45, 2.75) is 13.5 Å². The van der Waals surface area contributed by atoms with Gasteiger partial charge in [0.25, 0.3) is 5.91 Å². The lowest BCUT2D eigenvalue weighted by Crippen LogP contribution is -2.33. The van der Waals surface area contributed by atoms with Gasteiger partial charge in [0.15, 0.2) is 0 Å². The van der Waals surface area contributed by atoms with Crippen LogP contribution in [0.3, 0.4) is 0 Å². The van der Waals surface area contributed by atoms with Crippen LogP contribution in [0, 0.1) is 6.92 Å². The summed E-state index contributed by atoms with van der Waals surface area (Å²) >= 11 is 3.41. The third-order valence-corrected chi connectivity index (χ3v) is 3.99. The molecule has 0 spiro atoms. The zero-order chi connectivity index (χ0) is 15.7. The SMILES string of the molecule is Cc1cccnc1N1C(=O)CN(Cc2cccc(Br)c2)C1=O. The van der Waals surface area contributed by atoms with Crippen LogP contribution in [-0.2, 0) is 11.3 Å². The molecule has 22 heavy (non-hydrogen) atoms. The van der Waals surface area contributed by atoms with E-state index < -0.39 is 0 Å². The Bertz CT molecular complexity index is 748. The molecule has 6 heteroatoms. The summed E-state index contributed by atoms with van der Waals surface area (Å²) in [4.78, 5) is 31.6. The number of urea groups is 1. The molecule has 3 rings (SSSR count). The molecular weight excluding hydrogens is 346 g/mol. The van der Waals surface area contributed by atoms with E-state index in [2.05, 4.69) is 20.9 Å². The number of rotatable bonds is 3. The fraction of sp³-hybridized carbons (Fsp3) is 0.188. The van der Waals surface area contributed by atoms with Crippen molar-refractivity contribution in [3.05, 3.63) is 58.2 Å². The minimum atomic E-state index is -0.327. The van der Waals surface area contributed by atoms with Crippen molar-refractivity contribution in [1.29, 1.82) is 0 Å². The molecular formula is C16H14BrN3O2. The van der Waals surface area contributed by atoms with E-state index in [0.29, 0.717) is 12.4 Å². The average molecular weight is 360 g/mol. The molecule has 3 amide bonds. The monoisotopic (exact) mass is 359 g/mol. The molecule has 1 aromatic heterocycles. The van der Waals surface area contributed by atoms with Gasteiger partial charge in [0.2, 0.25) is 0 Å². The first-order valence-electron chi connectivity index (χ1n) is 6.84. The van der Waals surface area contributed by atoms with Gasteiger partial charge in [-0.2, -0.15) is 0 Å². The second-order valence-electron chi connectivity index (χ2n) is 5.14. The molecule has 0 saturated carbocycles. The highest BCUT2D eigenvalue weighted by Gasteiger charge is 2.38. The van der Waals surface area contributed by atoms with Crippen molar-refractivity contribution in [3.63, 3.8) is 0 Å². The van der Waals surface area contributed by atoms with Crippen molar-refractivity contribution in [2.24, 2.45) is 0 Å². The number of nitrogens with zero attached hydrogens (tertiary/aromatic N) is 3. The maximum absolute atomic E-state index is 12.5. The van der Waals surface area contributed by atoms with Crippen molar-refractivity contribution < 1.29 is 9.59 Å². The fourth-order valence-electron chi connectivity index (χ4n) is 2.45. The van der Waals surface area contributed by atoms with E-state index in [-0.39, 0.29) is 18.5 Å². The van der Waals surface area contributed by atoms with Crippen LogP contribution in [0.2, 0.25) is 0 Å². The van der Waals surface area contributed by atoms with Gasteiger partial charge in [0.1, 0.15) is 12.4 Å². The summed E-state index contributed by atoms with van der Waals surface area (Å²) in [6, 6.07) is 11.0. The molecule has 2 aromatic rings. The third kappa shape index (κ3) is 2.74. The number of aryl methyl sites for hydroxylation is 1. The van der Waals surface area contributed by atoms with E-state index >= 15 is 0 Å². The number of benzene rings is 1. The van der Waals surface area contributed by atoms with Gasteiger partial charge >= 0.3 is 6.03 Å². The Morgan fingerprint density at radius 2 is 2.05 bits per heavy atom. The lowest BCUT2D eigenvalue weighted by Gasteiger charge is -2.17. The number of carbonyl (C=O) groups is 2. The molecule has 2 heterocycles. The number of halogens is 1. The van der Waals surface area contributed by atoms with Crippen molar-refractivity contribution in [2.75, 3.05) is 11.4 Å². The number of hydrogen-bond donors (Lipinski definition) is 0. The van der Waals surface area contributed by atoms with Gasteiger partial charge in [-0.05, 0) is 36.2 Å². The summed E-state index contributed by atoms with van der Waals surface area (Å²) < 4.78 is 0.945. The zero-order valence-corrected chi connectivity index (χ0v) is 13.6. The second kappa shape index (κ2) is 5.88. The van der Waals surface area contributed by atoms with Crippen LogP contribution in [0.1, 0.15) is 11.1 Å². The van der Waals surface area contributed by atoms with Crippen LogP contribution in [-0.4, -0.2) is 28.4 Å². The molecule has 1 saturated heterocycles. The van der Waals surface area contributed by atoms with E-state index in [9.17, 15) is 9.59 Å². The highest BCUT2D eigenvalue weighted by molar-refractivity contribution is 9.10. The predicted octanol–water partition coefficient (Wildman–Crippen LogP) is 3.12. The molecule has 0 unspecified atom stereocenters. The van der Waals surface area contributed by atoms with Gasteiger partial charge in [0.05, 0.1) is 0 Å². The number of imide groups is 1. The first-order chi connectivity index (χ1) is 10.6. The van der Waals surface area contributed by atoms with E-state index in [0.717, 1.165) is 20.5 Å². The first-order valence-corrected chi connectivity index (χ1v) is 7.63. The molecule has 0 bridgehead atoms. The Balaban J connectivity index is 1.84. The molecule has 1 aromatic carbocycles. The zero-order valence-electron chi connectivity index (χ0n) is 12.0. The predicted molar refractivity (Wildman–Crippen MR) is 86.4 cm³/mol. The molecule has 5 nitrogen and oxygen atoms in total. The molecule has 0 aliphatic carbocycles. The second-order valence-corrected chi connectivity index (χ2v) is 6.06. The van der Waals surface area contributed by atoms with Crippen LogP contribution in [0.15, 0.2) is 47.1 Å². The lowest BCUT2D eigenvalue weighted by molar-refractivity contribution is -0.116.